The van der Waals surface area contributed by atoms with Crippen LogP contribution in [-0.4, -0.2) is 0 Å². The molecule has 3 nitrogen and oxygen atoms in total. The summed E-state index contributed by atoms with van der Waals surface area (Å²) in [7, 11) is 0. The average molecular weight is 146 g/mol. The number of hydrogen-bond acceptors (Lipinski definition) is 3. The standard InChI is InChI=1S/C8H6N2O/c9-3-1-7-5-8(2-4-10)11-6-7/h5-6H,1-2H2. The normalized spacial score (nSPS) is 8.55. The van der Waals surface area contributed by atoms with Crippen LogP contribution in [0.2, 0.25) is 0 Å². The summed E-state index contributed by atoms with van der Waals surface area (Å²) in [5.41, 5.74) is 0.831. The van der Waals surface area contributed by atoms with Gasteiger partial charge in [0.15, 0.2) is 0 Å². The van der Waals surface area contributed by atoms with Gasteiger partial charge in [-0.2, -0.15) is 10.5 Å². The van der Waals surface area contributed by atoms with Crippen molar-refractivity contribution in [1.29, 1.82) is 10.5 Å². The van der Waals surface area contributed by atoms with E-state index in [1.165, 1.54) is 6.26 Å². The van der Waals surface area contributed by atoms with Gasteiger partial charge in [-0.3, -0.25) is 0 Å². The zero-order valence-electron chi connectivity index (χ0n) is 5.87. The van der Waals surface area contributed by atoms with E-state index in [-0.39, 0.29) is 6.42 Å². The minimum absolute atomic E-state index is 0.269. The Bertz CT molecular complexity index is 283. The van der Waals surface area contributed by atoms with Gasteiger partial charge in [-0.1, -0.05) is 0 Å². The highest BCUT2D eigenvalue weighted by atomic mass is 16.3. The number of hydrogen-bond donors (Lipinski definition) is 0. The molecule has 0 N–H and O–H groups in total. The van der Waals surface area contributed by atoms with Crippen molar-refractivity contribution in [3.63, 3.8) is 0 Å². The molecule has 0 bridgehead atoms. The molecule has 0 saturated carbocycles. The summed E-state index contributed by atoms with van der Waals surface area (Å²) >= 11 is 0. The van der Waals surface area contributed by atoms with E-state index >= 15 is 0 Å². The van der Waals surface area contributed by atoms with Gasteiger partial charge in [-0.15, -0.1) is 0 Å². The second-order valence-electron chi connectivity index (χ2n) is 2.09. The minimum Gasteiger partial charge on any atom is -0.468 e. The van der Waals surface area contributed by atoms with Crippen LogP contribution in [0.15, 0.2) is 16.7 Å². The number of nitriles is 2. The van der Waals surface area contributed by atoms with Gasteiger partial charge in [0.1, 0.15) is 5.76 Å². The maximum absolute atomic E-state index is 8.30. The van der Waals surface area contributed by atoms with Gasteiger partial charge < -0.3 is 4.42 Å². The summed E-state index contributed by atoms with van der Waals surface area (Å²) < 4.78 is 4.98. The summed E-state index contributed by atoms with van der Waals surface area (Å²) in [6.45, 7) is 0. The summed E-state index contributed by atoms with van der Waals surface area (Å²) in [6, 6.07) is 5.69. The maximum atomic E-state index is 8.30. The molecule has 54 valence electrons. The van der Waals surface area contributed by atoms with Crippen LogP contribution in [0.25, 0.3) is 0 Å². The SMILES string of the molecule is N#CCc1coc(CC#N)c1. The first-order valence-corrected chi connectivity index (χ1v) is 3.17. The van der Waals surface area contributed by atoms with Crippen molar-refractivity contribution in [3.05, 3.63) is 23.7 Å². The lowest BCUT2D eigenvalue weighted by Gasteiger charge is -1.78. The number of rotatable bonds is 2. The van der Waals surface area contributed by atoms with E-state index in [4.69, 9.17) is 14.9 Å². The fraction of sp³-hybridized carbons (Fsp3) is 0.250. The molecule has 1 heterocycles. The average Bonchev–Trinajstić information content (AvgIpc) is 2.38. The predicted molar refractivity (Wildman–Crippen MR) is 37.3 cm³/mol. The predicted octanol–water partition coefficient (Wildman–Crippen LogP) is 1.41. The van der Waals surface area contributed by atoms with E-state index in [0.717, 1.165) is 5.56 Å². The number of furan rings is 1. The summed E-state index contributed by atoms with van der Waals surface area (Å²) in [6.07, 6.45) is 2.12. The van der Waals surface area contributed by atoms with Crippen LogP contribution in [0, 0.1) is 22.7 Å². The molecule has 1 rings (SSSR count). The van der Waals surface area contributed by atoms with Gasteiger partial charge in [-0.05, 0) is 6.07 Å². The Morgan fingerprint density at radius 2 is 2.00 bits per heavy atom. The molecule has 0 spiro atoms. The Kier molecular flexibility index (Phi) is 2.30. The molecule has 0 atom stereocenters. The van der Waals surface area contributed by atoms with Gasteiger partial charge in [-0.25, -0.2) is 0 Å². The third kappa shape index (κ3) is 1.84. The van der Waals surface area contributed by atoms with Crippen LogP contribution >= 0.6 is 0 Å². The molecule has 0 fully saturated rings. The topological polar surface area (TPSA) is 60.7 Å². The van der Waals surface area contributed by atoms with Crippen molar-refractivity contribution < 1.29 is 4.42 Å². The van der Waals surface area contributed by atoms with Gasteiger partial charge in [0, 0.05) is 5.56 Å². The summed E-state index contributed by atoms with van der Waals surface area (Å²) in [4.78, 5) is 0. The van der Waals surface area contributed by atoms with Gasteiger partial charge in [0.25, 0.3) is 0 Å². The molecule has 0 saturated heterocycles. The second kappa shape index (κ2) is 3.43. The molecule has 11 heavy (non-hydrogen) atoms. The van der Waals surface area contributed by atoms with Crippen LogP contribution in [0.4, 0.5) is 0 Å². The lowest BCUT2D eigenvalue weighted by Crippen LogP contribution is -1.75. The van der Waals surface area contributed by atoms with E-state index in [2.05, 4.69) is 0 Å². The van der Waals surface area contributed by atoms with Gasteiger partial charge in [0.2, 0.25) is 0 Å². The Morgan fingerprint density at radius 3 is 2.64 bits per heavy atom. The Hall–Kier alpha value is -1.74. The molecular weight excluding hydrogens is 140 g/mol. The Morgan fingerprint density at radius 1 is 1.27 bits per heavy atom. The van der Waals surface area contributed by atoms with E-state index < -0.39 is 0 Å². The molecular formula is C8H6N2O. The summed E-state index contributed by atoms with van der Waals surface area (Å²) in [5, 5.41) is 16.6. The first-order valence-electron chi connectivity index (χ1n) is 3.17. The quantitative estimate of drug-likeness (QED) is 0.633. The van der Waals surface area contributed by atoms with Crippen molar-refractivity contribution in [2.24, 2.45) is 0 Å². The Labute approximate surface area is 64.5 Å². The largest absolute Gasteiger partial charge is 0.468 e. The minimum atomic E-state index is 0.269. The zero-order chi connectivity index (χ0) is 8.10. The van der Waals surface area contributed by atoms with E-state index in [0.29, 0.717) is 12.2 Å². The molecule has 1 aromatic rings. The molecule has 0 aliphatic rings. The molecule has 0 radical (unpaired) electrons. The fourth-order valence-electron chi connectivity index (χ4n) is 0.781. The highest BCUT2D eigenvalue weighted by Gasteiger charge is 1.99. The van der Waals surface area contributed by atoms with E-state index in [1.807, 2.05) is 12.1 Å². The second-order valence-corrected chi connectivity index (χ2v) is 2.09. The van der Waals surface area contributed by atoms with E-state index in [9.17, 15) is 0 Å². The van der Waals surface area contributed by atoms with Crippen molar-refractivity contribution in [2.75, 3.05) is 0 Å². The van der Waals surface area contributed by atoms with Crippen molar-refractivity contribution in [3.8, 4) is 12.1 Å². The van der Waals surface area contributed by atoms with Crippen molar-refractivity contribution in [1.82, 2.24) is 0 Å². The molecule has 0 aliphatic carbocycles. The van der Waals surface area contributed by atoms with Crippen LogP contribution in [-0.2, 0) is 12.8 Å². The third-order valence-electron chi connectivity index (χ3n) is 1.24. The lowest BCUT2D eigenvalue weighted by atomic mass is 10.2. The first kappa shape index (κ1) is 7.37. The van der Waals surface area contributed by atoms with Crippen LogP contribution in [0.1, 0.15) is 11.3 Å². The third-order valence-corrected chi connectivity index (χ3v) is 1.24. The molecule has 0 unspecified atom stereocenters. The lowest BCUT2D eigenvalue weighted by molar-refractivity contribution is 0.522. The monoisotopic (exact) mass is 146 g/mol. The highest BCUT2D eigenvalue weighted by Crippen LogP contribution is 2.07. The van der Waals surface area contributed by atoms with Crippen molar-refractivity contribution in [2.45, 2.75) is 12.8 Å². The van der Waals surface area contributed by atoms with Crippen LogP contribution in [0.3, 0.4) is 0 Å². The Balaban J connectivity index is 2.69. The fourth-order valence-corrected chi connectivity index (χ4v) is 0.781. The van der Waals surface area contributed by atoms with Crippen LogP contribution < -0.4 is 0 Å². The smallest absolute Gasteiger partial charge is 0.118 e. The zero-order valence-corrected chi connectivity index (χ0v) is 5.87. The summed E-state index contributed by atoms with van der Waals surface area (Å²) in [5.74, 6) is 0.623. The highest BCUT2D eigenvalue weighted by molar-refractivity contribution is 5.18. The molecule has 0 aromatic carbocycles. The number of nitrogens with zero attached hydrogens (tertiary/aromatic N) is 2. The van der Waals surface area contributed by atoms with Crippen LogP contribution in [0.5, 0.6) is 0 Å². The molecule has 1 aromatic heterocycles. The van der Waals surface area contributed by atoms with Crippen molar-refractivity contribution >= 4 is 0 Å². The van der Waals surface area contributed by atoms with Gasteiger partial charge >= 0.3 is 0 Å². The van der Waals surface area contributed by atoms with E-state index in [1.54, 1.807) is 6.07 Å². The first-order chi connectivity index (χ1) is 5.36. The molecule has 3 heteroatoms. The van der Waals surface area contributed by atoms with Gasteiger partial charge in [0.05, 0.1) is 31.2 Å². The molecule has 0 aliphatic heterocycles. The molecule has 0 amide bonds. The maximum Gasteiger partial charge on any atom is 0.118 e.